The predicted octanol–water partition coefficient (Wildman–Crippen LogP) is 3.73. The first kappa shape index (κ1) is 29.9. The molecule has 12 heteroatoms. The van der Waals surface area contributed by atoms with Crippen LogP contribution < -0.4 is 10.6 Å². The molecule has 0 saturated carbocycles. The molecule has 3 aliphatic rings. The number of amides is 1. The van der Waals surface area contributed by atoms with E-state index in [0.29, 0.717) is 38.4 Å². The number of carbonyl (C=O) groups excluding carboxylic acids is 1. The van der Waals surface area contributed by atoms with Crippen LogP contribution in [0.4, 0.5) is 16.8 Å². The Bertz CT molecular complexity index is 1390. The molecular formula is C31H42N8O3S. The summed E-state index contributed by atoms with van der Waals surface area (Å²) in [7, 11) is 0. The van der Waals surface area contributed by atoms with Gasteiger partial charge in [-0.15, -0.1) is 0 Å². The Balaban J connectivity index is 1.15. The smallest absolute Gasteiger partial charge is 0.250 e. The molecule has 2 N–H and O–H groups in total. The number of carbonyl (C=O) groups is 1. The van der Waals surface area contributed by atoms with Crippen LogP contribution in [0.25, 0.3) is 10.3 Å². The summed E-state index contributed by atoms with van der Waals surface area (Å²) in [6.45, 7) is 16.1. The minimum atomic E-state index is 0.0380. The summed E-state index contributed by atoms with van der Waals surface area (Å²) in [5.41, 5.74) is 2.67. The lowest BCUT2D eigenvalue weighted by atomic mass is 10.2. The standard InChI is InChI=1S/C31H42N8O3S/c1-21(17-37-11-13-41-14-12-37)30(40)39-10-7-25(20-39)33-27-15-24(19-38-9-6-22(2)42-23(3)18-38)16-28(35-27)36-31-34-26-5-4-8-32-29(26)43-31/h4-5,8,15-16,22-23,25H,1,6-7,9-14,17-20H2,2-3H3,(H2,33,34,35,36)/t22-,23+,25-/m0/s1. The molecule has 0 unspecified atom stereocenters. The van der Waals surface area contributed by atoms with E-state index in [2.05, 4.69) is 58.0 Å². The number of morpholine rings is 1. The van der Waals surface area contributed by atoms with Crippen LogP contribution in [0.1, 0.15) is 32.3 Å². The van der Waals surface area contributed by atoms with Gasteiger partial charge in [0.15, 0.2) is 5.13 Å². The summed E-state index contributed by atoms with van der Waals surface area (Å²) in [6, 6.07) is 8.20. The zero-order valence-electron chi connectivity index (χ0n) is 25.1. The first-order valence-corrected chi connectivity index (χ1v) is 16.1. The Morgan fingerprint density at radius 2 is 1.88 bits per heavy atom. The average Bonchev–Trinajstić information content (AvgIpc) is 3.58. The molecule has 11 nitrogen and oxygen atoms in total. The van der Waals surface area contributed by atoms with Crippen molar-refractivity contribution in [3.8, 4) is 0 Å². The van der Waals surface area contributed by atoms with Crippen molar-refractivity contribution in [3.05, 3.63) is 48.2 Å². The molecule has 0 radical (unpaired) electrons. The maximum atomic E-state index is 13.2. The third-order valence-corrected chi connectivity index (χ3v) is 9.07. The summed E-state index contributed by atoms with van der Waals surface area (Å²) >= 11 is 1.51. The van der Waals surface area contributed by atoms with Crippen LogP contribution in [0.3, 0.4) is 0 Å². The number of hydrogen-bond donors (Lipinski definition) is 2. The maximum Gasteiger partial charge on any atom is 0.250 e. The van der Waals surface area contributed by atoms with Crippen LogP contribution in [-0.2, 0) is 20.8 Å². The molecule has 0 aliphatic carbocycles. The van der Waals surface area contributed by atoms with Crippen molar-refractivity contribution in [2.75, 3.05) is 69.7 Å². The number of ether oxygens (including phenoxy) is 2. The van der Waals surface area contributed by atoms with E-state index in [1.54, 1.807) is 6.20 Å². The Morgan fingerprint density at radius 1 is 1.05 bits per heavy atom. The normalized spacial score (nSPS) is 23.8. The quantitative estimate of drug-likeness (QED) is 0.350. The fourth-order valence-electron chi connectivity index (χ4n) is 6.07. The van der Waals surface area contributed by atoms with Crippen LogP contribution >= 0.6 is 11.3 Å². The van der Waals surface area contributed by atoms with Gasteiger partial charge in [-0.25, -0.2) is 15.0 Å². The van der Waals surface area contributed by atoms with Gasteiger partial charge in [0.1, 0.15) is 22.0 Å². The molecule has 1 amide bonds. The number of nitrogens with zero attached hydrogens (tertiary/aromatic N) is 6. The van der Waals surface area contributed by atoms with Gasteiger partial charge in [-0.3, -0.25) is 14.6 Å². The second kappa shape index (κ2) is 13.6. The molecule has 3 aliphatic heterocycles. The predicted molar refractivity (Wildman–Crippen MR) is 170 cm³/mol. The van der Waals surface area contributed by atoms with Crippen molar-refractivity contribution in [3.63, 3.8) is 0 Å². The van der Waals surface area contributed by atoms with Crippen LogP contribution in [0, 0.1) is 0 Å². The van der Waals surface area contributed by atoms with E-state index >= 15 is 0 Å². The number of anilines is 3. The summed E-state index contributed by atoms with van der Waals surface area (Å²) < 4.78 is 11.5. The van der Waals surface area contributed by atoms with Crippen LogP contribution in [0.15, 0.2) is 42.6 Å². The molecule has 3 saturated heterocycles. The summed E-state index contributed by atoms with van der Waals surface area (Å²) in [4.78, 5) is 34.7. The Labute approximate surface area is 257 Å². The van der Waals surface area contributed by atoms with Gasteiger partial charge in [0.25, 0.3) is 5.91 Å². The average molecular weight is 607 g/mol. The van der Waals surface area contributed by atoms with E-state index in [0.717, 1.165) is 78.2 Å². The number of hydrogen-bond acceptors (Lipinski definition) is 11. The van der Waals surface area contributed by atoms with E-state index in [1.165, 1.54) is 11.3 Å². The van der Waals surface area contributed by atoms with Crippen molar-refractivity contribution < 1.29 is 14.3 Å². The molecule has 0 aromatic carbocycles. The lowest BCUT2D eigenvalue weighted by molar-refractivity contribution is -0.126. The van der Waals surface area contributed by atoms with Gasteiger partial charge in [0.2, 0.25) is 0 Å². The number of nitrogens with one attached hydrogen (secondary N) is 2. The summed E-state index contributed by atoms with van der Waals surface area (Å²) in [5, 5.41) is 7.81. The highest BCUT2D eigenvalue weighted by Crippen LogP contribution is 2.28. The van der Waals surface area contributed by atoms with Crippen LogP contribution in [0.5, 0.6) is 0 Å². The fraction of sp³-hybridized carbons (Fsp3) is 0.548. The zero-order valence-corrected chi connectivity index (χ0v) is 25.9. The minimum absolute atomic E-state index is 0.0380. The van der Waals surface area contributed by atoms with E-state index < -0.39 is 0 Å². The molecule has 3 aromatic rings. The van der Waals surface area contributed by atoms with Crippen molar-refractivity contribution in [2.24, 2.45) is 0 Å². The summed E-state index contributed by atoms with van der Waals surface area (Å²) in [5.74, 6) is 1.56. The highest BCUT2D eigenvalue weighted by molar-refractivity contribution is 7.21. The minimum Gasteiger partial charge on any atom is -0.379 e. The third kappa shape index (κ3) is 7.87. The number of thiazole rings is 1. The van der Waals surface area contributed by atoms with Gasteiger partial charge in [-0.1, -0.05) is 17.9 Å². The van der Waals surface area contributed by atoms with Crippen molar-refractivity contribution in [1.29, 1.82) is 0 Å². The fourth-order valence-corrected chi connectivity index (χ4v) is 6.88. The van der Waals surface area contributed by atoms with Gasteiger partial charge >= 0.3 is 0 Å². The van der Waals surface area contributed by atoms with Crippen molar-refractivity contribution in [1.82, 2.24) is 29.7 Å². The molecule has 6 rings (SSSR count). The zero-order chi connectivity index (χ0) is 29.8. The Kier molecular flexibility index (Phi) is 9.49. The first-order valence-electron chi connectivity index (χ1n) is 15.3. The largest absolute Gasteiger partial charge is 0.379 e. The molecule has 43 heavy (non-hydrogen) atoms. The van der Waals surface area contributed by atoms with E-state index in [-0.39, 0.29) is 24.2 Å². The number of rotatable bonds is 9. The monoisotopic (exact) mass is 606 g/mol. The molecule has 230 valence electrons. The molecular weight excluding hydrogens is 564 g/mol. The lowest BCUT2D eigenvalue weighted by Gasteiger charge is -2.28. The Morgan fingerprint density at radius 3 is 2.72 bits per heavy atom. The van der Waals surface area contributed by atoms with Gasteiger partial charge in [0, 0.05) is 70.2 Å². The van der Waals surface area contributed by atoms with Gasteiger partial charge < -0.3 is 25.0 Å². The topological polar surface area (TPSA) is 108 Å². The molecule has 0 spiro atoms. The molecule has 3 fully saturated rings. The summed E-state index contributed by atoms with van der Waals surface area (Å²) in [6.07, 6.45) is 4.09. The van der Waals surface area contributed by atoms with E-state index in [9.17, 15) is 4.79 Å². The number of aromatic nitrogens is 3. The van der Waals surface area contributed by atoms with Gasteiger partial charge in [0.05, 0.1) is 25.4 Å². The number of fused-ring (bicyclic) bond motifs is 1. The van der Waals surface area contributed by atoms with Crippen LogP contribution in [0.2, 0.25) is 0 Å². The highest BCUT2D eigenvalue weighted by Gasteiger charge is 2.29. The second-order valence-electron chi connectivity index (χ2n) is 11.9. The van der Waals surface area contributed by atoms with Crippen molar-refractivity contribution in [2.45, 2.75) is 51.5 Å². The lowest BCUT2D eigenvalue weighted by Crippen LogP contribution is -2.40. The van der Waals surface area contributed by atoms with Gasteiger partial charge in [-0.2, -0.15) is 0 Å². The van der Waals surface area contributed by atoms with Crippen LogP contribution in [-0.4, -0.2) is 113 Å². The third-order valence-electron chi connectivity index (χ3n) is 8.17. The highest BCUT2D eigenvalue weighted by atomic mass is 32.1. The molecule has 3 aromatic heterocycles. The first-order chi connectivity index (χ1) is 20.9. The Hall–Kier alpha value is -3.16. The van der Waals surface area contributed by atoms with E-state index in [1.807, 2.05) is 17.0 Å². The van der Waals surface area contributed by atoms with E-state index in [4.69, 9.17) is 19.4 Å². The number of pyridine rings is 2. The SMILES string of the molecule is C=C(CN1CCOCC1)C(=O)N1CC[C@H](Nc2cc(CN3CC[C@H](C)O[C@H](C)C3)cc(Nc3nc4cccnc4s3)n2)C1. The molecule has 6 heterocycles. The number of likely N-dealkylation sites (tertiary alicyclic amines) is 1. The molecule has 3 atom stereocenters. The van der Waals surface area contributed by atoms with Gasteiger partial charge in [-0.05, 0) is 56.5 Å². The maximum absolute atomic E-state index is 13.2. The molecule has 0 bridgehead atoms. The second-order valence-corrected chi connectivity index (χ2v) is 12.8. The van der Waals surface area contributed by atoms with Crippen molar-refractivity contribution >= 4 is 44.4 Å².